The average Bonchev–Trinajstić information content (AvgIpc) is 3.74. The number of fused-ring (bicyclic) bond motifs is 2. The summed E-state index contributed by atoms with van der Waals surface area (Å²) in [6.45, 7) is 44.2. The Morgan fingerprint density at radius 2 is 0.933 bits per heavy atom. The van der Waals surface area contributed by atoms with E-state index in [0.717, 1.165) is 38.8 Å². The van der Waals surface area contributed by atoms with Crippen LogP contribution in [-0.4, -0.2) is 22.2 Å². The molecule has 2 aliphatic heterocycles. The van der Waals surface area contributed by atoms with E-state index in [2.05, 4.69) is 44.6 Å². The van der Waals surface area contributed by atoms with Gasteiger partial charge in [-0.15, -0.1) is 0 Å². The largest absolute Gasteiger partial charge is 0.398 e. The highest BCUT2D eigenvalue weighted by atomic mass is 16.5. The van der Waals surface area contributed by atoms with E-state index < -0.39 is 0 Å². The van der Waals surface area contributed by atoms with Crippen LogP contribution in [0.1, 0.15) is 198 Å². The molecule has 4 aromatic carbocycles. The van der Waals surface area contributed by atoms with Gasteiger partial charge in [-0.2, -0.15) is 5.06 Å². The molecule has 344 valence electrons. The van der Waals surface area contributed by atoms with Gasteiger partial charge in [0.05, 0.1) is 23.2 Å². The number of benzene rings is 4. The van der Waals surface area contributed by atoms with Crippen LogP contribution in [0.15, 0.2) is 97.1 Å². The summed E-state index contributed by atoms with van der Waals surface area (Å²) in [6, 6.07) is 30.8. The Labute approximate surface area is 370 Å². The van der Waals surface area contributed by atoms with Gasteiger partial charge >= 0.3 is 0 Å². The predicted octanol–water partition coefficient (Wildman–Crippen LogP) is 16.5. The first-order chi connectivity index (χ1) is 29.0. The molecular weight excluding hydrogens is 745 g/mol. The molecular formula is C52H92N4O4. The fourth-order valence-electron chi connectivity index (χ4n) is 4.99. The Hall–Kier alpha value is -4.66. The summed E-state index contributed by atoms with van der Waals surface area (Å²) in [5, 5.41) is 21.6. The van der Waals surface area contributed by atoms with E-state index in [0.29, 0.717) is 17.5 Å². The molecule has 0 aromatic heterocycles. The smallest absolute Gasteiger partial charge is 0.258 e. The minimum absolute atomic E-state index is 0.0196. The first-order valence-electron chi connectivity index (χ1n) is 22.8. The van der Waals surface area contributed by atoms with Gasteiger partial charge in [-0.25, -0.2) is 0 Å². The van der Waals surface area contributed by atoms with E-state index in [1.165, 1.54) is 5.56 Å². The highest BCUT2D eigenvalue weighted by Gasteiger charge is 2.32. The van der Waals surface area contributed by atoms with Crippen LogP contribution in [-0.2, 0) is 9.59 Å². The molecule has 2 aliphatic rings. The van der Waals surface area contributed by atoms with Gasteiger partial charge in [-0.3, -0.25) is 25.5 Å². The minimum Gasteiger partial charge on any atom is -0.398 e. The fraction of sp³-hybridized carbons (Fsp3) is 0.500. The van der Waals surface area contributed by atoms with Crippen LogP contribution in [0.3, 0.4) is 0 Å². The van der Waals surface area contributed by atoms with E-state index in [1.54, 1.807) is 19.1 Å². The third kappa shape index (κ3) is 24.4. The number of nitrogen functional groups attached to an aromatic ring is 1. The molecule has 4 aromatic rings. The number of anilines is 4. The van der Waals surface area contributed by atoms with Crippen LogP contribution in [0.2, 0.25) is 0 Å². The lowest BCUT2D eigenvalue weighted by Crippen LogP contribution is -2.23. The Morgan fingerprint density at radius 3 is 1.32 bits per heavy atom. The molecule has 8 heteroatoms. The highest BCUT2D eigenvalue weighted by Crippen LogP contribution is 2.35. The minimum atomic E-state index is -0.254. The van der Waals surface area contributed by atoms with Gasteiger partial charge in [-0.1, -0.05) is 211 Å². The number of rotatable bonds is 3. The molecule has 0 saturated heterocycles. The molecule has 0 spiro atoms. The van der Waals surface area contributed by atoms with Crippen LogP contribution in [0.25, 0.3) is 0 Å². The van der Waals surface area contributed by atoms with Crippen molar-refractivity contribution in [2.45, 2.75) is 176 Å². The Kier molecular flexibility index (Phi) is 50.8. The number of hydrogen-bond donors (Lipinski definition) is 5. The molecule has 2 unspecified atom stereocenters. The van der Waals surface area contributed by atoms with Crippen molar-refractivity contribution in [3.63, 3.8) is 0 Å². The van der Waals surface area contributed by atoms with Crippen molar-refractivity contribution in [2.75, 3.05) is 21.6 Å². The third-order valence-corrected chi connectivity index (χ3v) is 7.61. The Morgan fingerprint density at radius 1 is 0.550 bits per heavy atom. The van der Waals surface area contributed by atoms with Gasteiger partial charge in [0.2, 0.25) is 5.91 Å². The molecule has 8 nitrogen and oxygen atoms in total. The maximum absolute atomic E-state index is 11.2. The Bertz CT molecular complexity index is 1530. The molecule has 6 N–H and O–H groups in total. The van der Waals surface area contributed by atoms with Gasteiger partial charge in [0, 0.05) is 11.4 Å². The molecule has 2 atom stereocenters. The first kappa shape index (κ1) is 67.1. The topological polar surface area (TPSA) is 128 Å². The number of nitrogens with zero attached hydrogens (tertiary/aromatic N) is 1. The maximum Gasteiger partial charge on any atom is 0.258 e. The van der Waals surface area contributed by atoms with E-state index >= 15 is 0 Å². The molecule has 0 fully saturated rings. The normalized spacial score (nSPS) is 12.5. The molecule has 2 heterocycles. The van der Waals surface area contributed by atoms with Crippen LogP contribution in [0, 0.1) is 0 Å². The van der Waals surface area contributed by atoms with Crippen LogP contribution in [0.4, 0.5) is 22.7 Å². The summed E-state index contributed by atoms with van der Waals surface area (Å²) in [7, 11) is 0. The van der Waals surface area contributed by atoms with Crippen molar-refractivity contribution in [3.8, 4) is 0 Å². The molecule has 0 radical (unpaired) electrons. The zero-order valence-electron chi connectivity index (χ0n) is 42.3. The van der Waals surface area contributed by atoms with E-state index in [1.807, 2.05) is 197 Å². The second-order valence-corrected chi connectivity index (χ2v) is 11.4. The van der Waals surface area contributed by atoms with E-state index in [-0.39, 0.29) is 23.7 Å². The van der Waals surface area contributed by atoms with Crippen LogP contribution < -0.4 is 21.6 Å². The number of nitrogens with one attached hydrogen (secondary N) is 2. The van der Waals surface area contributed by atoms with E-state index in [9.17, 15) is 14.8 Å². The molecule has 0 saturated carbocycles. The Balaban J connectivity index is -0.000000146. The van der Waals surface area contributed by atoms with Crippen LogP contribution in [0.5, 0.6) is 0 Å². The third-order valence-electron chi connectivity index (χ3n) is 7.61. The summed E-state index contributed by atoms with van der Waals surface area (Å²) in [4.78, 5) is 22.4. The van der Waals surface area contributed by atoms with Crippen LogP contribution >= 0.6 is 0 Å². The number of amides is 2. The van der Waals surface area contributed by atoms with Crippen molar-refractivity contribution in [2.24, 2.45) is 0 Å². The number of para-hydroxylation sites is 4. The van der Waals surface area contributed by atoms with Crippen molar-refractivity contribution in [1.82, 2.24) is 0 Å². The zero-order chi connectivity index (χ0) is 48.4. The highest BCUT2D eigenvalue weighted by molar-refractivity contribution is 6.03. The van der Waals surface area contributed by atoms with Crippen molar-refractivity contribution >= 4 is 34.6 Å². The summed E-state index contributed by atoms with van der Waals surface area (Å²) < 4.78 is 0. The summed E-state index contributed by atoms with van der Waals surface area (Å²) in [5.41, 5.74) is 15.5. The van der Waals surface area contributed by atoms with Gasteiger partial charge in [0.15, 0.2) is 0 Å². The van der Waals surface area contributed by atoms with Crippen molar-refractivity contribution < 1.29 is 20.0 Å². The number of carbonyl (C=O) groups is 2. The number of hydrogen-bond acceptors (Lipinski definition) is 6. The summed E-state index contributed by atoms with van der Waals surface area (Å²) in [5.74, 6) is 0.617. The first-order valence-corrected chi connectivity index (χ1v) is 22.8. The molecule has 2 amide bonds. The number of nitrogens with two attached hydrogens (primary N) is 1. The quantitative estimate of drug-likeness (QED) is 0.0794. The molecule has 60 heavy (non-hydrogen) atoms. The van der Waals surface area contributed by atoms with Gasteiger partial charge in [-0.05, 0) is 72.2 Å². The summed E-state index contributed by atoms with van der Waals surface area (Å²) >= 11 is 0. The fourth-order valence-corrected chi connectivity index (χ4v) is 4.99. The SMILES string of the molecule is CC.CC.CC.CC.CC.CC.CC.CC.CC(C)c1ccccc1N.CC(C)c1ccccc1NO.CC1C(=O)N(O)c2ccccc21.CC1C(=O)Nc2ccccc21. The van der Waals surface area contributed by atoms with Crippen molar-refractivity contribution in [1.29, 1.82) is 0 Å². The molecule has 0 aliphatic carbocycles. The maximum atomic E-state index is 11.2. The second kappa shape index (κ2) is 45.4. The lowest BCUT2D eigenvalue weighted by Gasteiger charge is -2.09. The van der Waals surface area contributed by atoms with Gasteiger partial charge in [0.25, 0.3) is 5.91 Å². The lowest BCUT2D eigenvalue weighted by atomic mass is 10.0. The monoisotopic (exact) mass is 837 g/mol. The predicted molar refractivity (Wildman–Crippen MR) is 269 cm³/mol. The van der Waals surface area contributed by atoms with Gasteiger partial charge in [0.1, 0.15) is 0 Å². The average molecular weight is 837 g/mol. The number of carbonyl (C=O) groups excluding carboxylic acids is 2. The lowest BCUT2D eigenvalue weighted by molar-refractivity contribution is -0.123. The van der Waals surface area contributed by atoms with E-state index in [4.69, 9.17) is 10.9 Å². The second-order valence-electron chi connectivity index (χ2n) is 11.4. The van der Waals surface area contributed by atoms with Crippen molar-refractivity contribution in [3.05, 3.63) is 119 Å². The number of hydroxylamine groups is 1. The van der Waals surface area contributed by atoms with Gasteiger partial charge < -0.3 is 11.1 Å². The zero-order valence-corrected chi connectivity index (χ0v) is 42.3. The standard InChI is InChI=1S/C9H9NO2.C9H9NO.C9H13NO.C9H13N.8C2H6/c1-6-7-4-2-3-5-8(7)10(12)9(6)11;1-6-7-4-2-3-5-8(7)10-9(6)11;1-7(2)8-5-3-4-6-9(8)10-11;1-7(2)8-5-3-4-6-9(8)10;8*1-2/h2-6,12H,1H3;2-6H,1H3,(H,10,11);3-7,10-11H,1-2H3;3-7H,10H2,1-2H3;8*1-2H3. The molecule has 0 bridgehead atoms. The summed E-state index contributed by atoms with van der Waals surface area (Å²) in [6.07, 6.45) is 0. The molecule has 6 rings (SSSR count).